The summed E-state index contributed by atoms with van der Waals surface area (Å²) >= 11 is 0. The highest BCUT2D eigenvalue weighted by Crippen LogP contribution is 2.28. The summed E-state index contributed by atoms with van der Waals surface area (Å²) in [6, 6.07) is 13.9. The van der Waals surface area contributed by atoms with E-state index < -0.39 is 0 Å². The summed E-state index contributed by atoms with van der Waals surface area (Å²) in [6.07, 6.45) is 6.07. The Balaban J connectivity index is 1.38. The van der Waals surface area contributed by atoms with E-state index in [0.29, 0.717) is 23.7 Å². The summed E-state index contributed by atoms with van der Waals surface area (Å²) in [7, 11) is 0. The zero-order chi connectivity index (χ0) is 21.8. The molecule has 3 heterocycles. The monoisotopic (exact) mass is 416 g/mol. The van der Waals surface area contributed by atoms with Crippen molar-refractivity contribution in [3.8, 4) is 5.69 Å². The van der Waals surface area contributed by atoms with Crippen LogP contribution in [0.2, 0.25) is 0 Å². The number of likely N-dealkylation sites (tertiary alicyclic amines) is 1. The number of benzene rings is 1. The first-order valence-corrected chi connectivity index (χ1v) is 10.7. The van der Waals surface area contributed by atoms with Crippen LogP contribution in [0.5, 0.6) is 0 Å². The Labute approximate surface area is 182 Å². The van der Waals surface area contributed by atoms with Crippen molar-refractivity contribution in [2.45, 2.75) is 26.2 Å². The van der Waals surface area contributed by atoms with Gasteiger partial charge in [-0.25, -0.2) is 0 Å². The number of hydrogen-bond donors (Lipinski definition) is 1. The van der Waals surface area contributed by atoms with Gasteiger partial charge in [-0.15, -0.1) is 0 Å². The molecular weight excluding hydrogens is 388 g/mol. The molecule has 0 bridgehead atoms. The minimum absolute atomic E-state index is 0.186. The molecule has 1 aliphatic rings. The molecule has 1 amide bonds. The molecule has 0 spiro atoms. The first-order chi connectivity index (χ1) is 15.0. The van der Waals surface area contributed by atoms with Crippen molar-refractivity contribution < 1.29 is 4.79 Å². The van der Waals surface area contributed by atoms with E-state index in [1.165, 1.54) is 15.7 Å². The number of carbonyl (C=O) groups excluding carboxylic acids is 1. The van der Waals surface area contributed by atoms with Crippen LogP contribution < -0.4 is 10.9 Å². The maximum Gasteiger partial charge on any atom is 0.268 e. The van der Waals surface area contributed by atoms with Crippen LogP contribution in [0.4, 0.5) is 0 Å². The highest BCUT2D eigenvalue weighted by molar-refractivity contribution is 5.95. The number of pyridine rings is 2. The van der Waals surface area contributed by atoms with Gasteiger partial charge in [-0.1, -0.05) is 24.3 Å². The van der Waals surface area contributed by atoms with Crippen molar-refractivity contribution >= 4 is 5.91 Å². The zero-order valence-electron chi connectivity index (χ0n) is 18.0. The summed E-state index contributed by atoms with van der Waals surface area (Å²) < 4.78 is 1.46. The molecule has 1 aliphatic heterocycles. The average Bonchev–Trinajstić information content (AvgIpc) is 3.23. The number of amides is 1. The van der Waals surface area contributed by atoms with Gasteiger partial charge in [0.05, 0.1) is 11.9 Å². The first-order valence-electron chi connectivity index (χ1n) is 10.7. The van der Waals surface area contributed by atoms with Gasteiger partial charge in [0, 0.05) is 32.0 Å². The third-order valence-corrected chi connectivity index (χ3v) is 6.07. The molecule has 31 heavy (non-hydrogen) atoms. The smallest absolute Gasteiger partial charge is 0.268 e. The van der Waals surface area contributed by atoms with E-state index in [2.05, 4.69) is 46.4 Å². The standard InChI is InChI=1S/C25H28N4O2/c1-18-6-3-4-8-22(18)20-10-13-28(17-20)15-12-27-24(30)23-19(2)9-14-29(25(23)31)21-7-5-11-26-16-21/h3-9,11,14,16,20H,10,12-13,15,17H2,1-2H3,(H,27,30). The van der Waals surface area contributed by atoms with E-state index in [-0.39, 0.29) is 17.0 Å². The summed E-state index contributed by atoms with van der Waals surface area (Å²) in [5.74, 6) is 0.218. The normalized spacial score (nSPS) is 16.4. The van der Waals surface area contributed by atoms with E-state index >= 15 is 0 Å². The van der Waals surface area contributed by atoms with Crippen LogP contribution in [-0.4, -0.2) is 46.5 Å². The molecule has 0 aliphatic carbocycles. The lowest BCUT2D eigenvalue weighted by molar-refractivity contribution is 0.0947. The second-order valence-corrected chi connectivity index (χ2v) is 8.16. The van der Waals surface area contributed by atoms with E-state index in [1.807, 2.05) is 0 Å². The van der Waals surface area contributed by atoms with Gasteiger partial charge in [-0.2, -0.15) is 0 Å². The Kier molecular flexibility index (Phi) is 6.28. The van der Waals surface area contributed by atoms with Crippen LogP contribution in [0.15, 0.2) is 65.8 Å². The molecule has 160 valence electrons. The quantitative estimate of drug-likeness (QED) is 0.671. The minimum atomic E-state index is -0.328. The number of hydrogen-bond acceptors (Lipinski definition) is 4. The highest BCUT2D eigenvalue weighted by Gasteiger charge is 2.24. The molecule has 0 saturated carbocycles. The summed E-state index contributed by atoms with van der Waals surface area (Å²) in [5, 5.41) is 2.94. The minimum Gasteiger partial charge on any atom is -0.351 e. The lowest BCUT2D eigenvalue weighted by atomic mass is 9.94. The fraction of sp³-hybridized carbons (Fsp3) is 0.320. The van der Waals surface area contributed by atoms with Crippen LogP contribution in [0.3, 0.4) is 0 Å². The summed E-state index contributed by atoms with van der Waals surface area (Å²) in [5.41, 5.74) is 3.93. The molecule has 3 aromatic rings. The molecular formula is C25H28N4O2. The molecule has 2 aromatic heterocycles. The third-order valence-electron chi connectivity index (χ3n) is 6.07. The van der Waals surface area contributed by atoms with Crippen molar-refractivity contribution in [2.75, 3.05) is 26.2 Å². The summed E-state index contributed by atoms with van der Waals surface area (Å²) in [6.45, 7) is 7.26. The number of rotatable bonds is 6. The predicted molar refractivity (Wildman–Crippen MR) is 122 cm³/mol. The SMILES string of the molecule is Cc1ccccc1C1CCN(CCNC(=O)c2c(C)ccn(-c3cccnc3)c2=O)C1. The van der Waals surface area contributed by atoms with Gasteiger partial charge in [0.25, 0.3) is 11.5 Å². The predicted octanol–water partition coefficient (Wildman–Crippen LogP) is 3.07. The summed E-state index contributed by atoms with van der Waals surface area (Å²) in [4.78, 5) is 32.2. The van der Waals surface area contributed by atoms with Crippen LogP contribution >= 0.6 is 0 Å². The van der Waals surface area contributed by atoms with Crippen LogP contribution in [0.25, 0.3) is 5.69 Å². The first kappa shape index (κ1) is 21.0. The second-order valence-electron chi connectivity index (χ2n) is 8.16. The fourth-order valence-electron chi connectivity index (χ4n) is 4.35. The largest absolute Gasteiger partial charge is 0.351 e. The van der Waals surface area contributed by atoms with Gasteiger partial charge in [-0.3, -0.25) is 19.1 Å². The van der Waals surface area contributed by atoms with E-state index in [1.54, 1.807) is 43.7 Å². The number of carbonyl (C=O) groups is 1. The van der Waals surface area contributed by atoms with Crippen molar-refractivity contribution in [3.63, 3.8) is 0 Å². The maximum absolute atomic E-state index is 12.9. The molecule has 1 saturated heterocycles. The molecule has 1 atom stereocenters. The number of nitrogens with zero attached hydrogens (tertiary/aromatic N) is 3. The molecule has 0 radical (unpaired) electrons. The van der Waals surface area contributed by atoms with Crippen molar-refractivity contribution in [1.29, 1.82) is 0 Å². The molecule has 1 aromatic carbocycles. The number of aryl methyl sites for hydroxylation is 2. The lowest BCUT2D eigenvalue weighted by Gasteiger charge is -2.18. The van der Waals surface area contributed by atoms with E-state index in [4.69, 9.17) is 0 Å². The number of nitrogens with one attached hydrogen (secondary N) is 1. The van der Waals surface area contributed by atoms with Gasteiger partial charge < -0.3 is 10.2 Å². The van der Waals surface area contributed by atoms with Crippen LogP contribution in [0.1, 0.15) is 39.4 Å². The van der Waals surface area contributed by atoms with Crippen molar-refractivity contribution in [1.82, 2.24) is 19.8 Å². The van der Waals surface area contributed by atoms with Gasteiger partial charge in [0.1, 0.15) is 5.56 Å². The molecule has 1 fully saturated rings. The maximum atomic E-state index is 12.9. The van der Waals surface area contributed by atoms with Gasteiger partial charge in [0.15, 0.2) is 0 Å². The molecule has 1 N–H and O–H groups in total. The van der Waals surface area contributed by atoms with Crippen molar-refractivity contribution in [3.05, 3.63) is 93.7 Å². The fourth-order valence-corrected chi connectivity index (χ4v) is 4.35. The van der Waals surface area contributed by atoms with Crippen LogP contribution in [0, 0.1) is 13.8 Å². The van der Waals surface area contributed by atoms with Gasteiger partial charge >= 0.3 is 0 Å². The molecule has 6 nitrogen and oxygen atoms in total. The number of aromatic nitrogens is 2. The molecule has 1 unspecified atom stereocenters. The van der Waals surface area contributed by atoms with Gasteiger partial charge in [0.2, 0.25) is 0 Å². The molecule has 6 heteroatoms. The zero-order valence-corrected chi connectivity index (χ0v) is 18.0. The van der Waals surface area contributed by atoms with Gasteiger partial charge in [-0.05, 0) is 67.6 Å². The average molecular weight is 417 g/mol. The van der Waals surface area contributed by atoms with Crippen LogP contribution in [-0.2, 0) is 0 Å². The Hall–Kier alpha value is -3.25. The third kappa shape index (κ3) is 4.59. The lowest BCUT2D eigenvalue weighted by Crippen LogP contribution is -2.37. The van der Waals surface area contributed by atoms with Crippen molar-refractivity contribution in [2.24, 2.45) is 0 Å². The second kappa shape index (κ2) is 9.27. The Morgan fingerprint density at radius 3 is 2.74 bits per heavy atom. The molecule has 4 rings (SSSR count). The van der Waals surface area contributed by atoms with E-state index in [0.717, 1.165) is 26.1 Å². The topological polar surface area (TPSA) is 67.2 Å². The Morgan fingerprint density at radius 1 is 1.13 bits per heavy atom. The van der Waals surface area contributed by atoms with E-state index in [9.17, 15) is 9.59 Å². The highest BCUT2D eigenvalue weighted by atomic mass is 16.2. The Morgan fingerprint density at radius 2 is 1.97 bits per heavy atom. The Bertz CT molecular complexity index is 1120.